The molecule has 0 bridgehead atoms. The molecule has 2 aromatic rings. The lowest BCUT2D eigenvalue weighted by Crippen LogP contribution is -2.30. The lowest BCUT2D eigenvalue weighted by atomic mass is 10.1. The lowest BCUT2D eigenvalue weighted by Gasteiger charge is -2.12. The molecule has 1 heterocycles. The minimum Gasteiger partial charge on any atom is -0.355 e. The van der Waals surface area contributed by atoms with Crippen molar-refractivity contribution in [2.24, 2.45) is 0 Å². The van der Waals surface area contributed by atoms with Crippen molar-refractivity contribution in [1.82, 2.24) is 20.2 Å². The van der Waals surface area contributed by atoms with Crippen molar-refractivity contribution in [3.05, 3.63) is 47.5 Å². The van der Waals surface area contributed by atoms with Crippen molar-refractivity contribution in [2.75, 3.05) is 18.9 Å². The Balaban J connectivity index is 1.77. The van der Waals surface area contributed by atoms with Crippen LogP contribution in [0.5, 0.6) is 0 Å². The summed E-state index contributed by atoms with van der Waals surface area (Å²) in [7, 11) is 1.58. The summed E-state index contributed by atoms with van der Waals surface area (Å²) in [6.07, 6.45) is 5.58. The Kier molecular flexibility index (Phi) is 6.56. The van der Waals surface area contributed by atoms with E-state index in [0.29, 0.717) is 17.8 Å². The van der Waals surface area contributed by atoms with Crippen LogP contribution in [0.4, 0.5) is 10.5 Å². The van der Waals surface area contributed by atoms with E-state index in [1.807, 2.05) is 20.0 Å². The SMILES string of the molecule is CNC(=O)c1cccc(NC(=O)NCCCCn2ccnc2C)c1C. The molecular formula is C18H25N5O2. The van der Waals surface area contributed by atoms with Crippen LogP contribution in [0.15, 0.2) is 30.6 Å². The van der Waals surface area contributed by atoms with Crippen molar-refractivity contribution in [2.45, 2.75) is 33.2 Å². The van der Waals surface area contributed by atoms with Crippen LogP contribution in [0.1, 0.15) is 34.6 Å². The van der Waals surface area contributed by atoms with Gasteiger partial charge in [-0.15, -0.1) is 0 Å². The summed E-state index contributed by atoms with van der Waals surface area (Å²) in [6, 6.07) is 5.00. The summed E-state index contributed by atoms with van der Waals surface area (Å²) in [4.78, 5) is 28.0. The molecule has 0 radical (unpaired) electrons. The van der Waals surface area contributed by atoms with Crippen LogP contribution in [0.25, 0.3) is 0 Å². The molecule has 0 spiro atoms. The van der Waals surface area contributed by atoms with Gasteiger partial charge in [0.2, 0.25) is 0 Å². The highest BCUT2D eigenvalue weighted by Crippen LogP contribution is 2.18. The van der Waals surface area contributed by atoms with E-state index in [4.69, 9.17) is 0 Å². The fourth-order valence-electron chi connectivity index (χ4n) is 2.57. The van der Waals surface area contributed by atoms with Gasteiger partial charge < -0.3 is 20.5 Å². The summed E-state index contributed by atoms with van der Waals surface area (Å²) in [5, 5.41) is 8.23. The predicted octanol–water partition coefficient (Wildman–Crippen LogP) is 2.46. The summed E-state index contributed by atoms with van der Waals surface area (Å²) < 4.78 is 2.09. The molecule has 134 valence electrons. The van der Waals surface area contributed by atoms with Gasteiger partial charge in [-0.2, -0.15) is 0 Å². The maximum atomic E-state index is 12.0. The predicted molar refractivity (Wildman–Crippen MR) is 97.8 cm³/mol. The third-order valence-electron chi connectivity index (χ3n) is 4.09. The zero-order valence-corrected chi connectivity index (χ0v) is 14.9. The highest BCUT2D eigenvalue weighted by atomic mass is 16.2. The molecule has 3 amide bonds. The van der Waals surface area contributed by atoms with E-state index in [-0.39, 0.29) is 11.9 Å². The largest absolute Gasteiger partial charge is 0.355 e. The van der Waals surface area contributed by atoms with E-state index < -0.39 is 0 Å². The molecule has 0 saturated heterocycles. The van der Waals surface area contributed by atoms with Gasteiger partial charge in [-0.05, 0) is 44.4 Å². The van der Waals surface area contributed by atoms with Crippen LogP contribution in [0, 0.1) is 13.8 Å². The standard InChI is InChI=1S/C18H25N5O2/c1-13-15(17(24)19-3)7-6-8-16(13)22-18(25)21-9-4-5-11-23-12-10-20-14(23)2/h6-8,10,12H,4-5,9,11H2,1-3H3,(H,19,24)(H2,21,22,25). The smallest absolute Gasteiger partial charge is 0.319 e. The highest BCUT2D eigenvalue weighted by Gasteiger charge is 2.11. The van der Waals surface area contributed by atoms with Crippen molar-refractivity contribution >= 4 is 17.6 Å². The van der Waals surface area contributed by atoms with Gasteiger partial charge in [0, 0.05) is 43.8 Å². The van der Waals surface area contributed by atoms with Crippen molar-refractivity contribution in [3.63, 3.8) is 0 Å². The zero-order valence-electron chi connectivity index (χ0n) is 14.9. The Bertz CT molecular complexity index is 739. The van der Waals surface area contributed by atoms with Crippen molar-refractivity contribution in [3.8, 4) is 0 Å². The van der Waals surface area contributed by atoms with E-state index in [1.165, 1.54) is 0 Å². The van der Waals surface area contributed by atoms with Crippen LogP contribution in [-0.2, 0) is 6.54 Å². The molecule has 25 heavy (non-hydrogen) atoms. The lowest BCUT2D eigenvalue weighted by molar-refractivity contribution is 0.0962. The number of hydrogen-bond acceptors (Lipinski definition) is 3. The van der Waals surface area contributed by atoms with Crippen LogP contribution in [-0.4, -0.2) is 35.1 Å². The average molecular weight is 343 g/mol. The van der Waals surface area contributed by atoms with Gasteiger partial charge in [0.15, 0.2) is 0 Å². The number of nitrogens with zero attached hydrogens (tertiary/aromatic N) is 2. The van der Waals surface area contributed by atoms with Crippen LogP contribution in [0.2, 0.25) is 0 Å². The number of amides is 3. The number of anilines is 1. The van der Waals surface area contributed by atoms with E-state index in [9.17, 15) is 9.59 Å². The van der Waals surface area contributed by atoms with Gasteiger partial charge in [-0.1, -0.05) is 6.07 Å². The fraction of sp³-hybridized carbons (Fsp3) is 0.389. The van der Waals surface area contributed by atoms with Crippen LogP contribution < -0.4 is 16.0 Å². The Hall–Kier alpha value is -2.83. The Morgan fingerprint density at radius 1 is 1.20 bits per heavy atom. The number of urea groups is 1. The second-order valence-corrected chi connectivity index (χ2v) is 5.81. The fourth-order valence-corrected chi connectivity index (χ4v) is 2.57. The molecule has 0 aliphatic carbocycles. The van der Waals surface area contributed by atoms with Gasteiger partial charge in [0.1, 0.15) is 5.82 Å². The molecule has 1 aromatic carbocycles. The third kappa shape index (κ3) is 5.07. The van der Waals surface area contributed by atoms with Gasteiger partial charge in [-0.25, -0.2) is 9.78 Å². The maximum absolute atomic E-state index is 12.0. The molecular weight excluding hydrogens is 318 g/mol. The first-order valence-corrected chi connectivity index (χ1v) is 8.37. The van der Waals surface area contributed by atoms with E-state index >= 15 is 0 Å². The van der Waals surface area contributed by atoms with Crippen molar-refractivity contribution < 1.29 is 9.59 Å². The van der Waals surface area contributed by atoms with Crippen molar-refractivity contribution in [1.29, 1.82) is 0 Å². The topological polar surface area (TPSA) is 88.0 Å². The number of carbonyl (C=O) groups excluding carboxylic acids is 2. The van der Waals surface area contributed by atoms with Gasteiger partial charge in [0.25, 0.3) is 5.91 Å². The number of rotatable bonds is 7. The second kappa shape index (κ2) is 8.86. The zero-order chi connectivity index (χ0) is 18.2. The molecule has 0 aliphatic heterocycles. The molecule has 1 aromatic heterocycles. The number of imidazole rings is 1. The molecule has 0 atom stereocenters. The molecule has 0 unspecified atom stereocenters. The second-order valence-electron chi connectivity index (χ2n) is 5.81. The number of aromatic nitrogens is 2. The number of carbonyl (C=O) groups is 2. The summed E-state index contributed by atoms with van der Waals surface area (Å²) in [6.45, 7) is 5.27. The van der Waals surface area contributed by atoms with Gasteiger partial charge in [-0.3, -0.25) is 4.79 Å². The molecule has 0 saturated carbocycles. The average Bonchev–Trinajstić information content (AvgIpc) is 3.01. The normalized spacial score (nSPS) is 10.4. The number of aryl methyl sites for hydroxylation is 2. The summed E-state index contributed by atoms with van der Waals surface area (Å²) in [5.41, 5.74) is 1.93. The van der Waals surface area contributed by atoms with Crippen LogP contribution >= 0.6 is 0 Å². The Morgan fingerprint density at radius 2 is 2.00 bits per heavy atom. The first kappa shape index (κ1) is 18.5. The van der Waals surface area contributed by atoms with E-state index in [1.54, 1.807) is 31.4 Å². The van der Waals surface area contributed by atoms with Gasteiger partial charge >= 0.3 is 6.03 Å². The summed E-state index contributed by atoms with van der Waals surface area (Å²) >= 11 is 0. The quantitative estimate of drug-likeness (QED) is 0.675. The molecule has 3 N–H and O–H groups in total. The molecule has 7 heteroatoms. The Morgan fingerprint density at radius 3 is 2.68 bits per heavy atom. The Labute approximate surface area is 147 Å². The number of nitrogens with one attached hydrogen (secondary N) is 3. The number of hydrogen-bond donors (Lipinski definition) is 3. The third-order valence-corrected chi connectivity index (χ3v) is 4.09. The minimum atomic E-state index is -0.268. The number of unbranched alkanes of at least 4 members (excludes halogenated alkanes) is 1. The molecule has 2 rings (SSSR count). The molecule has 7 nitrogen and oxygen atoms in total. The highest BCUT2D eigenvalue weighted by molar-refractivity contribution is 5.98. The first-order chi connectivity index (χ1) is 12.0. The maximum Gasteiger partial charge on any atom is 0.319 e. The summed E-state index contributed by atoms with van der Waals surface area (Å²) in [5.74, 6) is 0.827. The molecule has 0 aliphatic rings. The minimum absolute atomic E-state index is 0.170. The van der Waals surface area contributed by atoms with Gasteiger partial charge in [0.05, 0.1) is 0 Å². The van der Waals surface area contributed by atoms with E-state index in [0.717, 1.165) is 30.8 Å². The van der Waals surface area contributed by atoms with Crippen LogP contribution in [0.3, 0.4) is 0 Å². The van der Waals surface area contributed by atoms with E-state index in [2.05, 4.69) is 25.5 Å². The number of benzene rings is 1. The molecule has 0 fully saturated rings. The monoisotopic (exact) mass is 343 g/mol. The first-order valence-electron chi connectivity index (χ1n) is 8.37.